The second-order valence-electron chi connectivity index (χ2n) is 20.0. The topological polar surface area (TPSA) is 268 Å². The zero-order valence-corrected chi connectivity index (χ0v) is 48.5. The van der Waals surface area contributed by atoms with Crippen molar-refractivity contribution in [3.63, 3.8) is 0 Å². The summed E-state index contributed by atoms with van der Waals surface area (Å²) >= 11 is 2.29. The first-order chi connectivity index (χ1) is 39.2. The molecule has 2 aromatic carbocycles. The number of aromatic nitrogens is 10. The van der Waals surface area contributed by atoms with E-state index in [4.69, 9.17) is 29.5 Å². The molecule has 0 saturated carbocycles. The molecule has 0 radical (unpaired) electrons. The van der Waals surface area contributed by atoms with Gasteiger partial charge in [0.05, 0.1) is 113 Å². The summed E-state index contributed by atoms with van der Waals surface area (Å²) < 4.78 is 56.4. The van der Waals surface area contributed by atoms with Crippen molar-refractivity contribution in [3.05, 3.63) is 137 Å². The summed E-state index contributed by atoms with van der Waals surface area (Å²) in [6.45, 7) is 13.8. The van der Waals surface area contributed by atoms with Gasteiger partial charge >= 0.3 is 11.4 Å². The predicted molar refractivity (Wildman–Crippen MR) is 309 cm³/mol. The number of ether oxygens (including phenoxy) is 4. The molecule has 0 fully saturated rings. The Labute approximate surface area is 484 Å². The lowest BCUT2D eigenvalue weighted by Crippen LogP contribution is -2.44. The third kappa shape index (κ3) is 13.8. The summed E-state index contributed by atoms with van der Waals surface area (Å²) in [7, 11) is 2.86. The van der Waals surface area contributed by atoms with Crippen LogP contribution in [0.15, 0.2) is 80.4 Å². The largest absolute Gasteiger partial charge is 0.496 e. The molecular weight excluding hydrogens is 1110 g/mol. The van der Waals surface area contributed by atoms with Crippen molar-refractivity contribution >= 4 is 54.7 Å². The SMILES string of the molecule is C.COc1ccc(F)cc1[C@H](Cn1c(=O)n(C(C)C(=O)CC(C)C)c(=O)c2c(C)c(-n3nccn3)sc21)OCCC#N.COc1ccc(F)cc1[C@H](Cn1c(=O)n([C@@H](C)C(=O)CC(C)C)c(=O)c2c(C)c(-n3nccn3)sc21)OCCC#N. The maximum absolute atomic E-state index is 14.4. The van der Waals surface area contributed by atoms with Crippen LogP contribution in [0.2, 0.25) is 0 Å². The highest BCUT2D eigenvalue weighted by atomic mass is 32.1. The van der Waals surface area contributed by atoms with E-state index in [0.717, 1.165) is 31.8 Å². The van der Waals surface area contributed by atoms with Crippen molar-refractivity contribution in [1.82, 2.24) is 48.3 Å². The molecular formula is C57H66F2N12O10S2. The Balaban J connectivity index is 0.000000263. The number of hydrogen-bond donors (Lipinski definition) is 0. The van der Waals surface area contributed by atoms with Crippen LogP contribution in [-0.4, -0.2) is 87.3 Å². The number of rotatable bonds is 24. The molecule has 22 nitrogen and oxygen atoms in total. The first-order valence-corrected chi connectivity index (χ1v) is 27.8. The molecule has 1 unspecified atom stereocenters. The Hall–Kier alpha value is -8.30. The van der Waals surface area contributed by atoms with Crippen molar-refractivity contribution < 1.29 is 37.3 Å². The van der Waals surface area contributed by atoms with Crippen molar-refractivity contribution in [1.29, 1.82) is 10.5 Å². The fourth-order valence-corrected chi connectivity index (χ4v) is 11.8. The van der Waals surface area contributed by atoms with Crippen LogP contribution in [0.5, 0.6) is 11.5 Å². The van der Waals surface area contributed by atoms with E-state index in [2.05, 4.69) is 20.4 Å². The van der Waals surface area contributed by atoms with Crippen LogP contribution >= 0.6 is 22.7 Å². The molecule has 26 heteroatoms. The lowest BCUT2D eigenvalue weighted by Gasteiger charge is -2.23. The first-order valence-electron chi connectivity index (χ1n) is 26.2. The standard InChI is InChI=1S/2C28H31FN6O5S.CH4/c2*1-16(2)13-21(36)18(4)34-25(37)24-17(3)26(35-31-10-11-32-35)41-27(24)33(28(34)38)15-23(40-12-6-9-30)20-14-19(29)7-8-22(20)39-5;/h2*7-8,10-11,14,16,18,23H,6,12-13,15H2,1-5H3;1H4/t18?,23-;18-,23-;/m00./s1. The highest BCUT2D eigenvalue weighted by Crippen LogP contribution is 2.36. The van der Waals surface area contributed by atoms with Gasteiger partial charge in [0.2, 0.25) is 0 Å². The molecule has 440 valence electrons. The Morgan fingerprint density at radius 1 is 0.602 bits per heavy atom. The highest BCUT2D eigenvalue weighted by Gasteiger charge is 2.31. The molecule has 6 heterocycles. The van der Waals surface area contributed by atoms with Crippen molar-refractivity contribution in [2.45, 2.75) is 126 Å². The smallest absolute Gasteiger partial charge is 0.332 e. The molecule has 6 aromatic heterocycles. The number of halogens is 2. The molecule has 4 atom stereocenters. The summed E-state index contributed by atoms with van der Waals surface area (Å²) in [5.74, 6) is -0.851. The van der Waals surface area contributed by atoms with Gasteiger partial charge in [-0.15, -0.1) is 9.59 Å². The fourth-order valence-electron chi connectivity index (χ4n) is 9.39. The maximum Gasteiger partial charge on any atom is 0.332 e. The number of methoxy groups -OCH3 is 2. The zero-order valence-electron chi connectivity index (χ0n) is 46.9. The van der Waals surface area contributed by atoms with Gasteiger partial charge in [0.25, 0.3) is 11.1 Å². The number of carbonyl (C=O) groups excluding carboxylic acids is 2. The Bertz CT molecular complexity index is 3690. The number of ketones is 2. The molecule has 0 aliphatic carbocycles. The number of Topliss-reactive ketones (excluding diaryl/α,β-unsaturated/α-hetero) is 2. The molecule has 0 saturated heterocycles. The predicted octanol–water partition coefficient (Wildman–Crippen LogP) is 8.85. The van der Waals surface area contributed by atoms with E-state index in [1.165, 1.54) is 108 Å². The highest BCUT2D eigenvalue weighted by molar-refractivity contribution is 7.21. The number of carbonyl (C=O) groups is 2. The third-order valence-corrected chi connectivity index (χ3v) is 16.0. The maximum atomic E-state index is 14.4. The molecule has 8 rings (SSSR count). The number of nitrogens with zero attached hydrogens (tertiary/aromatic N) is 12. The molecule has 0 aliphatic rings. The zero-order chi connectivity index (χ0) is 59.7. The normalized spacial score (nSPS) is 12.8. The number of hydrogen-bond acceptors (Lipinski definition) is 18. The number of benzene rings is 2. The molecule has 0 aliphatic heterocycles. The van der Waals surface area contributed by atoms with Crippen LogP contribution in [0, 0.1) is 60.0 Å². The van der Waals surface area contributed by atoms with E-state index >= 15 is 0 Å². The Kier molecular flexibility index (Phi) is 21.6. The van der Waals surface area contributed by atoms with E-state index in [0.29, 0.717) is 53.4 Å². The van der Waals surface area contributed by atoms with Crippen LogP contribution in [-0.2, 0) is 32.2 Å². The summed E-state index contributed by atoms with van der Waals surface area (Å²) in [4.78, 5) is 85.5. The minimum atomic E-state index is -1.03. The monoisotopic (exact) mass is 1180 g/mol. The quantitative estimate of drug-likeness (QED) is 0.0511. The van der Waals surface area contributed by atoms with E-state index < -0.39 is 58.4 Å². The summed E-state index contributed by atoms with van der Waals surface area (Å²) in [5.41, 5.74) is -0.865. The molecule has 8 aromatic rings. The molecule has 0 spiro atoms. The molecule has 0 amide bonds. The average molecular weight is 1180 g/mol. The van der Waals surface area contributed by atoms with Crippen molar-refractivity contribution in [2.24, 2.45) is 11.8 Å². The van der Waals surface area contributed by atoms with Gasteiger partial charge in [-0.1, -0.05) is 57.8 Å². The van der Waals surface area contributed by atoms with Crippen LogP contribution in [0.3, 0.4) is 0 Å². The van der Waals surface area contributed by atoms with E-state index in [-0.39, 0.29) is 93.6 Å². The minimum Gasteiger partial charge on any atom is -0.496 e. The Morgan fingerprint density at radius 2 is 0.952 bits per heavy atom. The van der Waals surface area contributed by atoms with E-state index in [9.17, 15) is 37.5 Å². The fraction of sp³-hybridized carbons (Fsp3) is 0.439. The van der Waals surface area contributed by atoms with Crippen LogP contribution in [0.25, 0.3) is 30.4 Å². The second-order valence-corrected chi connectivity index (χ2v) is 21.9. The van der Waals surface area contributed by atoms with Crippen LogP contribution in [0.4, 0.5) is 8.78 Å². The van der Waals surface area contributed by atoms with Crippen molar-refractivity contribution in [2.75, 3.05) is 27.4 Å². The first kappa shape index (κ1) is 63.9. The minimum absolute atomic E-state index is 0. The number of fused-ring (bicyclic) bond motifs is 2. The van der Waals surface area contributed by atoms with Gasteiger partial charge in [-0.2, -0.15) is 30.9 Å². The molecule has 83 heavy (non-hydrogen) atoms. The summed E-state index contributed by atoms with van der Waals surface area (Å²) in [6.07, 6.45) is 4.63. The van der Waals surface area contributed by atoms with Gasteiger partial charge in [0.15, 0.2) is 11.6 Å². The molecule has 0 N–H and O–H groups in total. The third-order valence-electron chi connectivity index (χ3n) is 13.4. The van der Waals surface area contributed by atoms with Gasteiger partial charge in [0.1, 0.15) is 55.0 Å². The van der Waals surface area contributed by atoms with E-state index in [1.54, 1.807) is 13.8 Å². The summed E-state index contributed by atoms with van der Waals surface area (Å²) in [6, 6.07) is 9.86. The van der Waals surface area contributed by atoms with Gasteiger partial charge < -0.3 is 18.9 Å². The van der Waals surface area contributed by atoms with Gasteiger partial charge in [0, 0.05) is 35.1 Å². The second kappa shape index (κ2) is 28.1. The average Bonchev–Trinajstić information content (AvgIpc) is 2.63. The van der Waals surface area contributed by atoms with Crippen molar-refractivity contribution in [3.8, 4) is 33.6 Å². The lowest BCUT2D eigenvalue weighted by atomic mass is 10.0. The summed E-state index contributed by atoms with van der Waals surface area (Å²) in [5, 5.41) is 36.5. The number of nitriles is 2. The van der Waals surface area contributed by atoms with Gasteiger partial charge in [-0.05, 0) is 75.9 Å². The van der Waals surface area contributed by atoms with Gasteiger partial charge in [-0.3, -0.25) is 28.3 Å². The van der Waals surface area contributed by atoms with E-state index in [1.807, 2.05) is 39.8 Å². The number of aryl methyl sites for hydroxylation is 2. The Morgan fingerprint density at radius 3 is 1.27 bits per heavy atom. The van der Waals surface area contributed by atoms with Crippen LogP contribution in [0.1, 0.15) is 121 Å². The molecule has 0 bridgehead atoms. The lowest BCUT2D eigenvalue weighted by molar-refractivity contribution is -0.123. The van der Waals surface area contributed by atoms with Crippen LogP contribution < -0.4 is 32.0 Å². The van der Waals surface area contributed by atoms with Gasteiger partial charge in [-0.25, -0.2) is 27.5 Å². The number of thiophene rings is 2.